The van der Waals surface area contributed by atoms with Crippen molar-refractivity contribution in [2.45, 2.75) is 32.4 Å². The van der Waals surface area contributed by atoms with Crippen molar-refractivity contribution in [1.82, 2.24) is 4.90 Å². The minimum Gasteiger partial charge on any atom is -0.392 e. The molecule has 1 heterocycles. The molecule has 0 spiro atoms. The van der Waals surface area contributed by atoms with Gasteiger partial charge < -0.3 is 5.11 Å². The molecule has 0 aromatic heterocycles. The highest BCUT2D eigenvalue weighted by Crippen LogP contribution is 2.19. The quantitative estimate of drug-likeness (QED) is 0.833. The highest BCUT2D eigenvalue weighted by atomic mass is 16.3. The van der Waals surface area contributed by atoms with Crippen molar-refractivity contribution in [2.24, 2.45) is 0 Å². The molecule has 0 radical (unpaired) electrons. The second-order valence-corrected chi connectivity index (χ2v) is 6.18. The van der Waals surface area contributed by atoms with E-state index in [4.69, 9.17) is 5.11 Å². The summed E-state index contributed by atoms with van der Waals surface area (Å²) in [6.07, 6.45) is 2.58. The zero-order valence-electron chi connectivity index (χ0n) is 13.4. The van der Waals surface area contributed by atoms with E-state index in [0.29, 0.717) is 6.42 Å². The van der Waals surface area contributed by atoms with Crippen molar-refractivity contribution in [3.63, 3.8) is 0 Å². The lowest BCUT2D eigenvalue weighted by Crippen LogP contribution is -2.31. The third-order valence-corrected chi connectivity index (χ3v) is 4.55. The number of Topliss-reactive ketones (excluding diaryl/α,β-unsaturated/α-hetero) is 1. The third-order valence-electron chi connectivity index (χ3n) is 4.55. The summed E-state index contributed by atoms with van der Waals surface area (Å²) < 4.78 is 0. The first-order valence-corrected chi connectivity index (χ1v) is 8.28. The first-order valence-electron chi connectivity index (χ1n) is 8.28. The van der Waals surface area contributed by atoms with Crippen LogP contribution in [-0.4, -0.2) is 28.9 Å². The first kappa shape index (κ1) is 15.9. The Labute approximate surface area is 137 Å². The predicted octanol–water partition coefficient (Wildman–Crippen LogP) is 3.20. The van der Waals surface area contributed by atoms with Gasteiger partial charge in [0.15, 0.2) is 5.78 Å². The van der Waals surface area contributed by atoms with E-state index in [0.717, 1.165) is 43.6 Å². The normalized spacial score (nSPS) is 14.5. The Hall–Kier alpha value is -1.97. The number of aliphatic hydroxyl groups excluding tert-OH is 1. The average molecular weight is 309 g/mol. The van der Waals surface area contributed by atoms with Gasteiger partial charge >= 0.3 is 0 Å². The van der Waals surface area contributed by atoms with Crippen LogP contribution in [0.5, 0.6) is 0 Å². The molecule has 3 rings (SSSR count). The van der Waals surface area contributed by atoms with E-state index in [1.54, 1.807) is 0 Å². The van der Waals surface area contributed by atoms with Gasteiger partial charge in [-0.1, -0.05) is 48.5 Å². The van der Waals surface area contributed by atoms with Crippen molar-refractivity contribution in [3.8, 4) is 0 Å². The number of nitrogens with zero attached hydrogens (tertiary/aromatic N) is 1. The van der Waals surface area contributed by atoms with E-state index < -0.39 is 0 Å². The maximum Gasteiger partial charge on any atom is 0.162 e. The predicted molar refractivity (Wildman–Crippen MR) is 91.4 cm³/mol. The van der Waals surface area contributed by atoms with Crippen LogP contribution in [0.3, 0.4) is 0 Å². The Morgan fingerprint density at radius 3 is 2.52 bits per heavy atom. The topological polar surface area (TPSA) is 40.5 Å². The molecule has 0 fully saturated rings. The van der Waals surface area contributed by atoms with E-state index in [9.17, 15) is 4.79 Å². The molecule has 1 aliphatic rings. The van der Waals surface area contributed by atoms with Crippen LogP contribution >= 0.6 is 0 Å². The van der Waals surface area contributed by atoms with Gasteiger partial charge in [-0.05, 0) is 36.1 Å². The second kappa shape index (κ2) is 7.53. The number of carbonyl (C=O) groups excluding carboxylic acids is 1. The third kappa shape index (κ3) is 4.06. The van der Waals surface area contributed by atoms with Crippen LogP contribution in [0.1, 0.15) is 39.9 Å². The minimum absolute atomic E-state index is 0.0188. The number of hydrogen-bond donors (Lipinski definition) is 1. The van der Waals surface area contributed by atoms with Crippen molar-refractivity contribution >= 4 is 5.78 Å². The zero-order chi connectivity index (χ0) is 16.1. The molecule has 0 saturated carbocycles. The van der Waals surface area contributed by atoms with Gasteiger partial charge in [-0.15, -0.1) is 0 Å². The molecule has 3 heteroatoms. The lowest BCUT2D eigenvalue weighted by atomic mass is 9.99. The van der Waals surface area contributed by atoms with Crippen LogP contribution in [0.15, 0.2) is 48.5 Å². The minimum atomic E-state index is 0.0188. The Bertz CT molecular complexity index is 664. The zero-order valence-corrected chi connectivity index (χ0v) is 13.4. The molecule has 0 atom stereocenters. The first-order chi connectivity index (χ1) is 11.3. The van der Waals surface area contributed by atoms with Gasteiger partial charge in [0.05, 0.1) is 6.61 Å². The summed E-state index contributed by atoms with van der Waals surface area (Å²) in [6, 6.07) is 15.9. The molecule has 0 amide bonds. The number of aliphatic hydroxyl groups is 1. The number of carbonyl (C=O) groups is 1. The summed E-state index contributed by atoms with van der Waals surface area (Å²) in [4.78, 5) is 14.6. The fourth-order valence-electron chi connectivity index (χ4n) is 3.15. The van der Waals surface area contributed by atoms with Crippen molar-refractivity contribution in [3.05, 3.63) is 70.8 Å². The van der Waals surface area contributed by atoms with Crippen molar-refractivity contribution in [1.29, 1.82) is 0 Å². The summed E-state index contributed by atoms with van der Waals surface area (Å²) in [5.41, 5.74) is 4.47. The Kier molecular flexibility index (Phi) is 5.21. The SMILES string of the molecule is O=C(CCCN1CCc2ccccc2C1)c1ccc(CO)cc1. The maximum atomic E-state index is 12.2. The van der Waals surface area contributed by atoms with E-state index in [1.165, 1.54) is 11.1 Å². The van der Waals surface area contributed by atoms with E-state index >= 15 is 0 Å². The standard InChI is InChI=1S/C20H23NO2/c22-15-16-7-9-18(10-8-16)20(23)6-3-12-21-13-11-17-4-1-2-5-19(17)14-21/h1-2,4-5,7-10,22H,3,6,11-15H2. The summed E-state index contributed by atoms with van der Waals surface area (Å²) >= 11 is 0. The average Bonchev–Trinajstić information content (AvgIpc) is 2.61. The number of hydrogen-bond acceptors (Lipinski definition) is 3. The van der Waals surface area contributed by atoms with E-state index in [2.05, 4.69) is 29.2 Å². The number of fused-ring (bicyclic) bond motifs is 1. The van der Waals surface area contributed by atoms with Crippen molar-refractivity contribution < 1.29 is 9.90 Å². The molecular formula is C20H23NO2. The van der Waals surface area contributed by atoms with Gasteiger partial charge in [0.25, 0.3) is 0 Å². The number of ketones is 1. The summed E-state index contributed by atoms with van der Waals surface area (Å²) in [5.74, 6) is 0.187. The van der Waals surface area contributed by atoms with Crippen LogP contribution in [0.25, 0.3) is 0 Å². The molecule has 2 aromatic rings. The van der Waals surface area contributed by atoms with Gasteiger partial charge in [0.1, 0.15) is 0 Å². The fraction of sp³-hybridized carbons (Fsp3) is 0.350. The van der Waals surface area contributed by atoms with Gasteiger partial charge in [-0.3, -0.25) is 9.69 Å². The van der Waals surface area contributed by atoms with Crippen LogP contribution in [0.2, 0.25) is 0 Å². The molecule has 23 heavy (non-hydrogen) atoms. The molecule has 0 bridgehead atoms. The number of rotatable bonds is 6. The summed E-state index contributed by atoms with van der Waals surface area (Å²) in [6.45, 7) is 3.06. The molecular weight excluding hydrogens is 286 g/mol. The largest absolute Gasteiger partial charge is 0.392 e. The van der Waals surface area contributed by atoms with Crippen LogP contribution in [-0.2, 0) is 19.6 Å². The molecule has 1 N–H and O–H groups in total. The highest BCUT2D eigenvalue weighted by molar-refractivity contribution is 5.96. The summed E-state index contributed by atoms with van der Waals surface area (Å²) in [7, 11) is 0. The molecule has 3 nitrogen and oxygen atoms in total. The lowest BCUT2D eigenvalue weighted by molar-refractivity contribution is 0.0973. The highest BCUT2D eigenvalue weighted by Gasteiger charge is 2.15. The molecule has 1 aliphatic heterocycles. The molecule has 2 aromatic carbocycles. The van der Waals surface area contributed by atoms with Gasteiger partial charge in [-0.25, -0.2) is 0 Å². The van der Waals surface area contributed by atoms with Gasteiger partial charge in [-0.2, -0.15) is 0 Å². The Morgan fingerprint density at radius 1 is 1.04 bits per heavy atom. The molecule has 0 saturated heterocycles. The Balaban J connectivity index is 1.47. The van der Waals surface area contributed by atoms with E-state index in [-0.39, 0.29) is 12.4 Å². The number of benzene rings is 2. The van der Waals surface area contributed by atoms with Gasteiger partial charge in [0.2, 0.25) is 0 Å². The molecule has 120 valence electrons. The van der Waals surface area contributed by atoms with Crippen LogP contribution in [0, 0.1) is 0 Å². The maximum absolute atomic E-state index is 12.2. The van der Waals surface area contributed by atoms with Crippen LogP contribution < -0.4 is 0 Å². The molecule has 0 unspecified atom stereocenters. The van der Waals surface area contributed by atoms with Crippen molar-refractivity contribution in [2.75, 3.05) is 13.1 Å². The van der Waals surface area contributed by atoms with Crippen LogP contribution in [0.4, 0.5) is 0 Å². The second-order valence-electron chi connectivity index (χ2n) is 6.18. The fourth-order valence-corrected chi connectivity index (χ4v) is 3.15. The van der Waals surface area contributed by atoms with E-state index in [1.807, 2.05) is 24.3 Å². The van der Waals surface area contributed by atoms with Gasteiger partial charge in [0, 0.05) is 25.1 Å². The Morgan fingerprint density at radius 2 is 1.78 bits per heavy atom. The lowest BCUT2D eigenvalue weighted by Gasteiger charge is -2.28. The summed E-state index contributed by atoms with van der Waals surface area (Å²) in [5, 5.41) is 9.03. The molecule has 0 aliphatic carbocycles. The smallest absolute Gasteiger partial charge is 0.162 e. The monoisotopic (exact) mass is 309 g/mol.